The lowest BCUT2D eigenvalue weighted by molar-refractivity contribution is 0.421. The fourth-order valence-corrected chi connectivity index (χ4v) is 1.62. The SMILES string of the molecule is CC(C)(C)NCCNCc1cccc(Cl)c1. The summed E-state index contributed by atoms with van der Waals surface area (Å²) in [5.41, 5.74) is 1.42. The molecule has 2 N–H and O–H groups in total. The molecular weight excluding hydrogens is 220 g/mol. The second kappa shape index (κ2) is 6.24. The van der Waals surface area contributed by atoms with E-state index < -0.39 is 0 Å². The van der Waals surface area contributed by atoms with Gasteiger partial charge in [-0.05, 0) is 38.5 Å². The third-order valence-corrected chi connectivity index (χ3v) is 2.41. The maximum absolute atomic E-state index is 5.90. The van der Waals surface area contributed by atoms with Crippen molar-refractivity contribution in [1.82, 2.24) is 10.6 Å². The minimum absolute atomic E-state index is 0.192. The van der Waals surface area contributed by atoms with Gasteiger partial charge in [-0.3, -0.25) is 0 Å². The summed E-state index contributed by atoms with van der Waals surface area (Å²) in [6, 6.07) is 7.95. The highest BCUT2D eigenvalue weighted by Gasteiger charge is 2.06. The first-order valence-electron chi connectivity index (χ1n) is 5.67. The number of hydrogen-bond donors (Lipinski definition) is 2. The smallest absolute Gasteiger partial charge is 0.0409 e. The Kier molecular flexibility index (Phi) is 5.26. The molecule has 0 aliphatic rings. The molecule has 1 aromatic carbocycles. The van der Waals surface area contributed by atoms with Crippen molar-refractivity contribution in [3.8, 4) is 0 Å². The van der Waals surface area contributed by atoms with Crippen LogP contribution in [-0.2, 0) is 6.54 Å². The topological polar surface area (TPSA) is 24.1 Å². The van der Waals surface area contributed by atoms with E-state index in [4.69, 9.17) is 11.6 Å². The molecule has 0 atom stereocenters. The van der Waals surface area contributed by atoms with E-state index in [2.05, 4.69) is 37.5 Å². The van der Waals surface area contributed by atoms with Crippen LogP contribution in [0.15, 0.2) is 24.3 Å². The number of benzene rings is 1. The van der Waals surface area contributed by atoms with Crippen molar-refractivity contribution in [2.24, 2.45) is 0 Å². The van der Waals surface area contributed by atoms with Crippen LogP contribution in [-0.4, -0.2) is 18.6 Å². The monoisotopic (exact) mass is 240 g/mol. The Balaban J connectivity index is 2.17. The fraction of sp³-hybridized carbons (Fsp3) is 0.538. The Morgan fingerprint density at radius 2 is 1.94 bits per heavy atom. The van der Waals surface area contributed by atoms with Crippen molar-refractivity contribution in [2.75, 3.05) is 13.1 Å². The van der Waals surface area contributed by atoms with Crippen LogP contribution in [0.5, 0.6) is 0 Å². The minimum atomic E-state index is 0.192. The molecule has 0 saturated heterocycles. The number of rotatable bonds is 5. The van der Waals surface area contributed by atoms with Crippen molar-refractivity contribution < 1.29 is 0 Å². The maximum atomic E-state index is 5.90. The van der Waals surface area contributed by atoms with Gasteiger partial charge in [0.2, 0.25) is 0 Å². The predicted molar refractivity (Wildman–Crippen MR) is 70.9 cm³/mol. The van der Waals surface area contributed by atoms with Crippen molar-refractivity contribution >= 4 is 11.6 Å². The summed E-state index contributed by atoms with van der Waals surface area (Å²) in [5.74, 6) is 0. The summed E-state index contributed by atoms with van der Waals surface area (Å²) in [6.45, 7) is 9.32. The van der Waals surface area contributed by atoms with E-state index in [1.54, 1.807) is 0 Å². The van der Waals surface area contributed by atoms with Crippen LogP contribution in [0, 0.1) is 0 Å². The van der Waals surface area contributed by atoms with E-state index >= 15 is 0 Å². The van der Waals surface area contributed by atoms with Crippen molar-refractivity contribution in [2.45, 2.75) is 32.9 Å². The molecule has 1 rings (SSSR count). The molecular formula is C13H21ClN2. The summed E-state index contributed by atoms with van der Waals surface area (Å²) < 4.78 is 0. The third-order valence-electron chi connectivity index (χ3n) is 2.18. The molecule has 0 amide bonds. The summed E-state index contributed by atoms with van der Waals surface area (Å²) in [7, 11) is 0. The Morgan fingerprint density at radius 1 is 1.19 bits per heavy atom. The first kappa shape index (κ1) is 13.5. The van der Waals surface area contributed by atoms with Crippen LogP contribution in [0.1, 0.15) is 26.3 Å². The molecule has 16 heavy (non-hydrogen) atoms. The predicted octanol–water partition coefficient (Wildman–Crippen LogP) is 2.82. The van der Waals surface area contributed by atoms with Crippen LogP contribution in [0.2, 0.25) is 5.02 Å². The number of halogens is 1. The highest BCUT2D eigenvalue weighted by Crippen LogP contribution is 2.09. The number of hydrogen-bond acceptors (Lipinski definition) is 2. The van der Waals surface area contributed by atoms with Gasteiger partial charge in [0, 0.05) is 30.2 Å². The van der Waals surface area contributed by atoms with Gasteiger partial charge in [-0.2, -0.15) is 0 Å². The lowest BCUT2D eigenvalue weighted by atomic mass is 10.1. The van der Waals surface area contributed by atoms with Crippen LogP contribution in [0.4, 0.5) is 0 Å². The summed E-state index contributed by atoms with van der Waals surface area (Å²) in [4.78, 5) is 0. The Hall–Kier alpha value is -0.570. The molecule has 3 heteroatoms. The molecule has 0 aliphatic carbocycles. The van der Waals surface area contributed by atoms with Gasteiger partial charge in [0.05, 0.1) is 0 Å². The highest BCUT2D eigenvalue weighted by molar-refractivity contribution is 6.30. The van der Waals surface area contributed by atoms with E-state index in [1.165, 1.54) is 5.56 Å². The molecule has 2 nitrogen and oxygen atoms in total. The fourth-order valence-electron chi connectivity index (χ4n) is 1.41. The number of nitrogens with one attached hydrogen (secondary N) is 2. The lowest BCUT2D eigenvalue weighted by Crippen LogP contribution is -2.40. The van der Waals surface area contributed by atoms with E-state index in [0.29, 0.717) is 0 Å². The van der Waals surface area contributed by atoms with Gasteiger partial charge in [0.25, 0.3) is 0 Å². The van der Waals surface area contributed by atoms with E-state index in [1.807, 2.05) is 18.2 Å². The molecule has 0 aromatic heterocycles. The van der Waals surface area contributed by atoms with Crippen molar-refractivity contribution in [1.29, 1.82) is 0 Å². The van der Waals surface area contributed by atoms with Gasteiger partial charge in [-0.1, -0.05) is 23.7 Å². The van der Waals surface area contributed by atoms with Gasteiger partial charge in [-0.25, -0.2) is 0 Å². The van der Waals surface area contributed by atoms with Gasteiger partial charge in [0.15, 0.2) is 0 Å². The molecule has 0 radical (unpaired) electrons. The highest BCUT2D eigenvalue weighted by atomic mass is 35.5. The first-order valence-corrected chi connectivity index (χ1v) is 6.05. The summed E-state index contributed by atoms with van der Waals surface area (Å²) in [5, 5.41) is 7.61. The molecule has 0 heterocycles. The molecule has 0 fully saturated rings. The molecule has 0 aliphatic heterocycles. The van der Waals surface area contributed by atoms with Gasteiger partial charge >= 0.3 is 0 Å². The molecule has 0 spiro atoms. The maximum Gasteiger partial charge on any atom is 0.0409 e. The Bertz CT molecular complexity index is 318. The zero-order valence-corrected chi connectivity index (χ0v) is 11.1. The second-order valence-corrected chi connectivity index (χ2v) is 5.42. The third kappa shape index (κ3) is 6.11. The summed E-state index contributed by atoms with van der Waals surface area (Å²) in [6.07, 6.45) is 0. The van der Waals surface area contributed by atoms with Gasteiger partial charge in [-0.15, -0.1) is 0 Å². The van der Waals surface area contributed by atoms with E-state index in [0.717, 1.165) is 24.7 Å². The molecule has 0 bridgehead atoms. The minimum Gasteiger partial charge on any atom is -0.311 e. The van der Waals surface area contributed by atoms with Crippen LogP contribution in [0.25, 0.3) is 0 Å². The van der Waals surface area contributed by atoms with Crippen LogP contribution in [0.3, 0.4) is 0 Å². The summed E-state index contributed by atoms with van der Waals surface area (Å²) >= 11 is 5.90. The van der Waals surface area contributed by atoms with Crippen LogP contribution >= 0.6 is 11.6 Å². The molecule has 1 aromatic rings. The molecule has 0 saturated carbocycles. The van der Waals surface area contributed by atoms with Crippen LogP contribution < -0.4 is 10.6 Å². The lowest BCUT2D eigenvalue weighted by Gasteiger charge is -2.20. The standard InChI is InChI=1S/C13H21ClN2/c1-13(2,3)16-8-7-15-10-11-5-4-6-12(14)9-11/h4-6,9,15-16H,7-8,10H2,1-3H3. The molecule has 90 valence electrons. The first-order chi connectivity index (χ1) is 7.47. The van der Waals surface area contributed by atoms with Crippen molar-refractivity contribution in [3.63, 3.8) is 0 Å². The Labute approximate surface area is 103 Å². The largest absolute Gasteiger partial charge is 0.311 e. The van der Waals surface area contributed by atoms with E-state index in [-0.39, 0.29) is 5.54 Å². The van der Waals surface area contributed by atoms with Gasteiger partial charge in [0.1, 0.15) is 0 Å². The van der Waals surface area contributed by atoms with E-state index in [9.17, 15) is 0 Å². The molecule has 0 unspecified atom stereocenters. The normalized spacial score (nSPS) is 11.8. The average Bonchev–Trinajstić information content (AvgIpc) is 2.15. The van der Waals surface area contributed by atoms with Crippen molar-refractivity contribution in [3.05, 3.63) is 34.9 Å². The van der Waals surface area contributed by atoms with Gasteiger partial charge < -0.3 is 10.6 Å². The Morgan fingerprint density at radius 3 is 2.56 bits per heavy atom. The zero-order chi connectivity index (χ0) is 12.0. The zero-order valence-electron chi connectivity index (χ0n) is 10.3. The second-order valence-electron chi connectivity index (χ2n) is 4.98. The quantitative estimate of drug-likeness (QED) is 0.774. The average molecular weight is 241 g/mol.